The lowest BCUT2D eigenvalue weighted by Gasteiger charge is -2.09. The fourth-order valence-corrected chi connectivity index (χ4v) is 4.80. The number of carbonyl (C=O) groups excluding carboxylic acids is 1. The monoisotopic (exact) mass is 449 g/mol. The largest absolute Gasteiger partial charge is 0.356 e. The molecule has 4 rings (SSSR count). The van der Waals surface area contributed by atoms with Gasteiger partial charge in [-0.3, -0.25) is 14.0 Å². The predicted molar refractivity (Wildman–Crippen MR) is 128 cm³/mol. The molecule has 32 heavy (non-hydrogen) atoms. The van der Waals surface area contributed by atoms with Gasteiger partial charge in [-0.25, -0.2) is 9.67 Å². The Hall–Kier alpha value is -3.26. The number of rotatable bonds is 7. The van der Waals surface area contributed by atoms with Crippen LogP contribution in [0.15, 0.2) is 40.5 Å². The van der Waals surface area contributed by atoms with E-state index < -0.39 is 0 Å². The molecule has 0 aliphatic carbocycles. The van der Waals surface area contributed by atoms with Crippen molar-refractivity contribution in [1.29, 1.82) is 0 Å². The smallest absolute Gasteiger partial charge is 0.268 e. The fourth-order valence-electron chi connectivity index (χ4n) is 3.87. The molecule has 3 aromatic heterocycles. The van der Waals surface area contributed by atoms with Crippen LogP contribution in [0.3, 0.4) is 0 Å². The van der Waals surface area contributed by atoms with E-state index in [1.807, 2.05) is 55.1 Å². The molecule has 0 bridgehead atoms. The Bertz CT molecular complexity index is 1350. The molecule has 166 valence electrons. The predicted octanol–water partition coefficient (Wildman–Crippen LogP) is 3.86. The first-order valence-corrected chi connectivity index (χ1v) is 11.7. The molecular weight excluding hydrogens is 422 g/mol. The van der Waals surface area contributed by atoms with E-state index in [9.17, 15) is 9.59 Å². The average Bonchev–Trinajstić information content (AvgIpc) is 3.35. The first-order chi connectivity index (χ1) is 15.4. The van der Waals surface area contributed by atoms with Crippen LogP contribution < -0.4 is 10.9 Å². The quantitative estimate of drug-likeness (QED) is 0.465. The molecule has 0 aliphatic heterocycles. The number of nitrogens with zero attached hydrogens (tertiary/aromatic N) is 4. The van der Waals surface area contributed by atoms with Crippen molar-refractivity contribution in [1.82, 2.24) is 24.5 Å². The second-order valence-electron chi connectivity index (χ2n) is 7.81. The minimum Gasteiger partial charge on any atom is -0.356 e. The Labute approximate surface area is 190 Å². The Morgan fingerprint density at radius 1 is 1.19 bits per heavy atom. The van der Waals surface area contributed by atoms with Gasteiger partial charge < -0.3 is 5.32 Å². The number of aryl methyl sites for hydroxylation is 3. The van der Waals surface area contributed by atoms with Crippen molar-refractivity contribution >= 4 is 22.2 Å². The van der Waals surface area contributed by atoms with Crippen LogP contribution in [0, 0.1) is 13.8 Å². The van der Waals surface area contributed by atoms with Crippen LogP contribution in [-0.4, -0.2) is 31.6 Å². The molecular formula is C24H27N5O2S. The van der Waals surface area contributed by atoms with Gasteiger partial charge in [0.25, 0.3) is 5.56 Å². The van der Waals surface area contributed by atoms with Gasteiger partial charge in [-0.1, -0.05) is 32.0 Å². The lowest BCUT2D eigenvalue weighted by Crippen LogP contribution is -2.28. The lowest BCUT2D eigenvalue weighted by atomic mass is 10.1. The molecule has 0 radical (unpaired) electrons. The number of para-hydroxylation sites is 1. The third kappa shape index (κ3) is 3.98. The van der Waals surface area contributed by atoms with E-state index in [4.69, 9.17) is 5.10 Å². The fraction of sp³-hybridized carbons (Fsp3) is 0.333. The Morgan fingerprint density at radius 2 is 1.97 bits per heavy atom. The van der Waals surface area contributed by atoms with E-state index in [1.54, 1.807) is 4.40 Å². The number of hydrogen-bond acceptors (Lipinski definition) is 5. The zero-order chi connectivity index (χ0) is 22.8. The van der Waals surface area contributed by atoms with Crippen molar-refractivity contribution in [3.8, 4) is 16.9 Å². The highest BCUT2D eigenvalue weighted by molar-refractivity contribution is 7.15. The summed E-state index contributed by atoms with van der Waals surface area (Å²) in [7, 11) is 0. The van der Waals surface area contributed by atoms with Gasteiger partial charge in [0.1, 0.15) is 5.69 Å². The minimum atomic E-state index is -0.194. The highest BCUT2D eigenvalue weighted by Crippen LogP contribution is 2.24. The summed E-state index contributed by atoms with van der Waals surface area (Å²) in [5.41, 5.74) is 5.27. The highest BCUT2D eigenvalue weighted by atomic mass is 32.1. The van der Waals surface area contributed by atoms with Crippen LogP contribution in [-0.2, 0) is 17.6 Å². The second kappa shape index (κ2) is 9.08. The van der Waals surface area contributed by atoms with E-state index in [1.165, 1.54) is 16.9 Å². The number of thiazole rings is 1. The van der Waals surface area contributed by atoms with Crippen molar-refractivity contribution < 1.29 is 4.79 Å². The van der Waals surface area contributed by atoms with Gasteiger partial charge in [-0.15, -0.1) is 11.3 Å². The number of nitrogens with one attached hydrogen (secondary N) is 1. The third-order valence-electron chi connectivity index (χ3n) is 5.48. The summed E-state index contributed by atoms with van der Waals surface area (Å²) in [4.78, 5) is 31.0. The SMILES string of the molecule is CCCNC(=O)Cc1csc2nc(C)c(-c3cc(C)n(-c4ccccc4CC)n3)c(=O)n12. The van der Waals surface area contributed by atoms with Crippen molar-refractivity contribution in [3.05, 3.63) is 68.7 Å². The average molecular weight is 450 g/mol. The zero-order valence-corrected chi connectivity index (χ0v) is 19.6. The second-order valence-corrected chi connectivity index (χ2v) is 8.65. The van der Waals surface area contributed by atoms with Crippen molar-refractivity contribution in [2.24, 2.45) is 0 Å². The maximum Gasteiger partial charge on any atom is 0.268 e. The number of aromatic nitrogens is 4. The van der Waals surface area contributed by atoms with Crippen LogP contribution in [0.25, 0.3) is 21.9 Å². The van der Waals surface area contributed by atoms with Crippen molar-refractivity contribution in [2.75, 3.05) is 6.54 Å². The van der Waals surface area contributed by atoms with E-state index in [-0.39, 0.29) is 17.9 Å². The van der Waals surface area contributed by atoms with E-state index in [0.717, 1.165) is 24.2 Å². The molecule has 8 heteroatoms. The Balaban J connectivity index is 1.81. The van der Waals surface area contributed by atoms with Gasteiger partial charge in [-0.05, 0) is 44.4 Å². The maximum absolute atomic E-state index is 13.6. The minimum absolute atomic E-state index is 0.100. The van der Waals surface area contributed by atoms with E-state index in [0.29, 0.717) is 34.2 Å². The summed E-state index contributed by atoms with van der Waals surface area (Å²) in [5, 5.41) is 9.49. The van der Waals surface area contributed by atoms with Gasteiger partial charge >= 0.3 is 0 Å². The van der Waals surface area contributed by atoms with Gasteiger partial charge in [0.15, 0.2) is 4.96 Å². The third-order valence-corrected chi connectivity index (χ3v) is 6.35. The molecule has 0 saturated heterocycles. The van der Waals surface area contributed by atoms with Crippen LogP contribution >= 0.6 is 11.3 Å². The van der Waals surface area contributed by atoms with Crippen molar-refractivity contribution in [3.63, 3.8) is 0 Å². The molecule has 0 aliphatic rings. The Morgan fingerprint density at radius 3 is 2.72 bits per heavy atom. The standard InChI is InChI=1S/C24H27N5O2S/c1-5-11-25-21(30)13-18-14-32-24-26-16(4)22(23(31)28(18)24)19-12-15(3)29(27-19)20-10-8-7-9-17(20)6-2/h7-10,12,14H,5-6,11,13H2,1-4H3,(H,25,30). The summed E-state index contributed by atoms with van der Waals surface area (Å²) in [5.74, 6) is -0.100. The molecule has 4 aromatic rings. The van der Waals surface area contributed by atoms with Crippen molar-refractivity contribution in [2.45, 2.75) is 47.0 Å². The van der Waals surface area contributed by atoms with Crippen LogP contribution in [0.5, 0.6) is 0 Å². The molecule has 0 fully saturated rings. The topological polar surface area (TPSA) is 81.3 Å². The molecule has 3 heterocycles. The van der Waals surface area contributed by atoms with Crippen LogP contribution in [0.2, 0.25) is 0 Å². The van der Waals surface area contributed by atoms with Crippen LogP contribution in [0.1, 0.15) is 42.9 Å². The molecule has 1 aromatic carbocycles. The van der Waals surface area contributed by atoms with Crippen LogP contribution in [0.4, 0.5) is 0 Å². The maximum atomic E-state index is 13.6. The normalized spacial score (nSPS) is 11.2. The number of hydrogen-bond donors (Lipinski definition) is 1. The Kier molecular flexibility index (Phi) is 6.23. The lowest BCUT2D eigenvalue weighted by molar-refractivity contribution is -0.120. The van der Waals surface area contributed by atoms with Gasteiger partial charge in [0.05, 0.1) is 23.4 Å². The van der Waals surface area contributed by atoms with E-state index >= 15 is 0 Å². The number of amides is 1. The summed E-state index contributed by atoms with van der Waals surface area (Å²) in [6.07, 6.45) is 1.89. The highest BCUT2D eigenvalue weighted by Gasteiger charge is 2.20. The van der Waals surface area contributed by atoms with E-state index in [2.05, 4.69) is 23.3 Å². The summed E-state index contributed by atoms with van der Waals surface area (Å²) < 4.78 is 3.43. The number of benzene rings is 1. The zero-order valence-electron chi connectivity index (χ0n) is 18.8. The molecule has 0 saturated carbocycles. The molecule has 7 nitrogen and oxygen atoms in total. The van der Waals surface area contributed by atoms with Gasteiger partial charge in [0, 0.05) is 23.3 Å². The molecule has 0 spiro atoms. The summed E-state index contributed by atoms with van der Waals surface area (Å²) in [6.45, 7) is 8.55. The number of fused-ring (bicyclic) bond motifs is 1. The number of carbonyl (C=O) groups is 1. The first kappa shape index (κ1) is 22.0. The first-order valence-electron chi connectivity index (χ1n) is 10.9. The van der Waals surface area contributed by atoms with Gasteiger partial charge in [-0.2, -0.15) is 5.10 Å². The molecule has 1 amide bonds. The molecule has 0 unspecified atom stereocenters. The summed E-state index contributed by atoms with van der Waals surface area (Å²) >= 11 is 1.37. The summed E-state index contributed by atoms with van der Waals surface area (Å²) in [6, 6.07) is 10.1. The molecule has 0 atom stereocenters. The molecule has 1 N–H and O–H groups in total. The van der Waals surface area contributed by atoms with Gasteiger partial charge in [0.2, 0.25) is 5.91 Å².